The molecular weight excluding hydrogens is 514 g/mol. The first-order valence-electron chi connectivity index (χ1n) is 14.8. The van der Waals surface area contributed by atoms with E-state index in [0.29, 0.717) is 25.1 Å². The van der Waals surface area contributed by atoms with Crippen LogP contribution in [0.2, 0.25) is 0 Å². The van der Waals surface area contributed by atoms with Crippen molar-refractivity contribution in [3.05, 3.63) is 53.2 Å². The van der Waals surface area contributed by atoms with Crippen molar-refractivity contribution in [2.45, 2.75) is 56.8 Å². The van der Waals surface area contributed by atoms with Crippen LogP contribution in [-0.4, -0.2) is 82.7 Å². The molecule has 6 rings (SSSR count). The van der Waals surface area contributed by atoms with E-state index in [9.17, 15) is 5.26 Å². The predicted molar refractivity (Wildman–Crippen MR) is 164 cm³/mol. The highest BCUT2D eigenvalue weighted by Crippen LogP contribution is 2.35. The lowest BCUT2D eigenvalue weighted by Gasteiger charge is -2.41. The third-order valence-electron chi connectivity index (χ3n) is 9.00. The average Bonchev–Trinajstić information content (AvgIpc) is 3.23. The van der Waals surface area contributed by atoms with Gasteiger partial charge in [-0.2, -0.15) is 15.2 Å². The van der Waals surface area contributed by atoms with Crippen molar-refractivity contribution in [2.75, 3.05) is 56.2 Å². The number of nitrogens with one attached hydrogen (secondary N) is 1. The number of piperazine rings is 1. The number of ether oxygens (including phenoxy) is 1. The molecule has 3 aliphatic heterocycles. The molecule has 210 valence electrons. The summed E-state index contributed by atoms with van der Waals surface area (Å²) in [4.78, 5) is 17.4. The van der Waals surface area contributed by atoms with E-state index in [4.69, 9.17) is 14.7 Å². The first kappa shape index (κ1) is 27.0. The van der Waals surface area contributed by atoms with Crippen LogP contribution in [0, 0.1) is 18.3 Å². The molecule has 3 aliphatic rings. The lowest BCUT2D eigenvalue weighted by atomic mass is 10.0. The highest BCUT2D eigenvalue weighted by molar-refractivity contribution is 6.16. The summed E-state index contributed by atoms with van der Waals surface area (Å²) in [5, 5.41) is 15.6. The molecule has 3 aromatic rings. The Kier molecular flexibility index (Phi) is 7.67. The molecule has 8 nitrogen and oxygen atoms in total. The zero-order valence-electron chi connectivity index (χ0n) is 24.1. The van der Waals surface area contributed by atoms with Crippen LogP contribution in [-0.2, 0) is 13.0 Å². The molecule has 0 aliphatic carbocycles. The first-order valence-corrected chi connectivity index (χ1v) is 15.8. The summed E-state index contributed by atoms with van der Waals surface area (Å²) in [6.07, 6.45) is 4.86. The second-order valence-corrected chi connectivity index (χ2v) is 14.0. The third kappa shape index (κ3) is 5.40. The van der Waals surface area contributed by atoms with E-state index in [1.807, 2.05) is 0 Å². The topological polar surface area (TPSA) is 80.6 Å². The van der Waals surface area contributed by atoms with Crippen molar-refractivity contribution >= 4 is 32.5 Å². The Labute approximate surface area is 240 Å². The lowest BCUT2D eigenvalue weighted by molar-refractivity contribution is 0.187. The summed E-state index contributed by atoms with van der Waals surface area (Å²) in [7, 11) is 3.08. The summed E-state index contributed by atoms with van der Waals surface area (Å²) in [6, 6.07) is 16.5. The van der Waals surface area contributed by atoms with Crippen molar-refractivity contribution in [3.63, 3.8) is 0 Å². The second kappa shape index (κ2) is 11.4. The number of likely N-dealkylation sites (tertiary alicyclic amines) is 1. The molecule has 4 heterocycles. The summed E-state index contributed by atoms with van der Waals surface area (Å²) >= 11 is 0. The highest BCUT2D eigenvalue weighted by atomic mass is 28.1. The summed E-state index contributed by atoms with van der Waals surface area (Å²) in [5.74, 6) is 1.01. The van der Waals surface area contributed by atoms with Crippen molar-refractivity contribution in [1.82, 2.24) is 20.2 Å². The molecule has 1 N–H and O–H groups in total. The lowest BCUT2D eigenvalue weighted by Crippen LogP contribution is -2.61. The minimum absolute atomic E-state index is 0.129. The van der Waals surface area contributed by atoms with Gasteiger partial charge in [0.15, 0.2) is 0 Å². The molecule has 2 atom stereocenters. The van der Waals surface area contributed by atoms with E-state index in [1.165, 1.54) is 34.0 Å². The third-order valence-corrected chi connectivity index (χ3v) is 10.0. The smallest absolute Gasteiger partial charge is 0.318 e. The predicted octanol–water partition coefficient (Wildman–Crippen LogP) is 2.75. The van der Waals surface area contributed by atoms with Crippen LogP contribution in [0.5, 0.6) is 6.01 Å². The van der Waals surface area contributed by atoms with E-state index >= 15 is 0 Å². The molecule has 1 unspecified atom stereocenters. The van der Waals surface area contributed by atoms with E-state index in [1.54, 1.807) is 0 Å². The average molecular weight is 556 g/mol. The second-order valence-electron chi connectivity index (χ2n) is 12.1. The van der Waals surface area contributed by atoms with Crippen molar-refractivity contribution in [1.29, 1.82) is 5.26 Å². The molecule has 2 fully saturated rings. The van der Waals surface area contributed by atoms with Gasteiger partial charge in [-0.3, -0.25) is 0 Å². The molecule has 0 bridgehead atoms. The number of hydrogen-bond donors (Lipinski definition) is 1. The first-order chi connectivity index (χ1) is 19.4. The Hall–Kier alpha value is -3.19. The Morgan fingerprint density at radius 1 is 1.12 bits per heavy atom. The van der Waals surface area contributed by atoms with Crippen molar-refractivity contribution in [2.24, 2.45) is 0 Å². The van der Waals surface area contributed by atoms with E-state index in [2.05, 4.69) is 76.5 Å². The van der Waals surface area contributed by atoms with Crippen LogP contribution in [0.4, 0.5) is 11.5 Å². The van der Waals surface area contributed by atoms with Crippen LogP contribution in [0.15, 0.2) is 36.4 Å². The van der Waals surface area contributed by atoms with Crippen LogP contribution in [0.25, 0.3) is 10.8 Å². The Bertz CT molecular complexity index is 1420. The monoisotopic (exact) mass is 555 g/mol. The fraction of sp³-hybridized carbons (Fsp3) is 0.516. The fourth-order valence-corrected chi connectivity index (χ4v) is 7.56. The van der Waals surface area contributed by atoms with Gasteiger partial charge in [0.1, 0.15) is 12.4 Å². The van der Waals surface area contributed by atoms with Gasteiger partial charge in [-0.15, -0.1) is 0 Å². The zero-order chi connectivity index (χ0) is 27.7. The number of rotatable bonds is 6. The standard InChI is InChI=1S/C31H41N7OSi/c1-22-7-3-8-23-9-4-12-27(28(22)23)37-17-6-11-25-26(19-37)34-30(39-20-24-10-5-16-36(24)2)35-29(25)38-18-15-33-31(40,21-38)13-14-32/h3-4,7-9,12,24,33H,5-6,10-11,13,15-21H2,1-2,40H3/t24?,31-/m0/s1. The van der Waals surface area contributed by atoms with E-state index < -0.39 is 0 Å². The molecule has 0 spiro atoms. The van der Waals surface area contributed by atoms with Gasteiger partial charge in [-0.05, 0) is 63.2 Å². The number of aryl methyl sites for hydroxylation is 1. The molecule has 2 saturated heterocycles. The number of benzene rings is 2. The molecule has 9 heteroatoms. The summed E-state index contributed by atoms with van der Waals surface area (Å²) in [5.41, 5.74) is 4.88. The van der Waals surface area contributed by atoms with Gasteiger partial charge in [-0.1, -0.05) is 30.3 Å². The number of nitriles is 1. The van der Waals surface area contributed by atoms with Crippen LogP contribution in [0.3, 0.4) is 0 Å². The highest BCUT2D eigenvalue weighted by Gasteiger charge is 2.34. The quantitative estimate of drug-likeness (QED) is 0.465. The Balaban J connectivity index is 1.37. The number of hydrogen-bond acceptors (Lipinski definition) is 8. The zero-order valence-corrected chi connectivity index (χ0v) is 26.1. The molecule has 0 amide bonds. The maximum atomic E-state index is 9.50. The molecule has 0 radical (unpaired) electrons. The molecule has 2 aromatic carbocycles. The van der Waals surface area contributed by atoms with Gasteiger partial charge >= 0.3 is 6.01 Å². The molecular formula is C31H41N7OSi. The maximum Gasteiger partial charge on any atom is 0.318 e. The SMILES string of the molecule is Cc1cccc2cccc(N3CCCc4c(nc(OCC5CCCN5C)nc4N4CCN[C@]([SiH3])(CC#N)C4)C3)c12. The molecule has 40 heavy (non-hydrogen) atoms. The Morgan fingerprint density at radius 3 is 2.77 bits per heavy atom. The van der Waals surface area contributed by atoms with Gasteiger partial charge in [0, 0.05) is 64.3 Å². The fourth-order valence-electron chi connectivity index (χ4n) is 6.77. The number of nitrogens with zero attached hydrogens (tertiary/aromatic N) is 6. The normalized spacial score (nSPS) is 23.7. The maximum absolute atomic E-state index is 9.50. The van der Waals surface area contributed by atoms with E-state index in [-0.39, 0.29) is 5.16 Å². The minimum Gasteiger partial charge on any atom is -0.462 e. The van der Waals surface area contributed by atoms with Gasteiger partial charge in [0.2, 0.25) is 0 Å². The minimum atomic E-state index is -0.129. The number of fused-ring (bicyclic) bond motifs is 2. The van der Waals surface area contributed by atoms with Crippen LogP contribution in [0.1, 0.15) is 42.5 Å². The van der Waals surface area contributed by atoms with Gasteiger partial charge in [-0.25, -0.2) is 0 Å². The molecule has 0 saturated carbocycles. The summed E-state index contributed by atoms with van der Waals surface area (Å²) in [6.45, 7) is 8.15. The Morgan fingerprint density at radius 2 is 1.98 bits per heavy atom. The van der Waals surface area contributed by atoms with Crippen LogP contribution >= 0.6 is 0 Å². The number of likely N-dealkylation sites (N-methyl/N-ethyl adjacent to an activating group) is 1. The van der Waals surface area contributed by atoms with Crippen LogP contribution < -0.4 is 19.9 Å². The largest absolute Gasteiger partial charge is 0.462 e. The van der Waals surface area contributed by atoms with Crippen molar-refractivity contribution in [3.8, 4) is 12.1 Å². The van der Waals surface area contributed by atoms with Gasteiger partial charge in [0.25, 0.3) is 0 Å². The molecule has 1 aromatic heterocycles. The number of anilines is 2. The summed E-state index contributed by atoms with van der Waals surface area (Å²) < 4.78 is 6.36. The van der Waals surface area contributed by atoms with Crippen molar-refractivity contribution < 1.29 is 4.74 Å². The van der Waals surface area contributed by atoms with Gasteiger partial charge < -0.3 is 24.8 Å². The van der Waals surface area contributed by atoms with E-state index in [0.717, 1.165) is 80.3 Å². The van der Waals surface area contributed by atoms with Gasteiger partial charge in [0.05, 0.1) is 24.7 Å². The number of aromatic nitrogens is 2.